The topological polar surface area (TPSA) is 37.3 Å². The molecule has 9 atom stereocenters. The average Bonchev–Trinajstić information content (AvgIpc) is 2.99. The predicted octanol–water partition coefficient (Wildman–Crippen LogP) is 5.76. The van der Waals surface area contributed by atoms with Gasteiger partial charge in [0.15, 0.2) is 0 Å². The number of aliphatic carboxylic acids is 1. The van der Waals surface area contributed by atoms with E-state index in [4.69, 9.17) is 0 Å². The molecular weight excluding hydrogens is 308 g/mol. The van der Waals surface area contributed by atoms with Crippen molar-refractivity contribution < 1.29 is 9.90 Å². The second-order valence-corrected chi connectivity index (χ2v) is 10.6. The fraction of sp³-hybridized carbons (Fsp3) is 0.957. The quantitative estimate of drug-likeness (QED) is 0.657. The highest BCUT2D eigenvalue weighted by atomic mass is 16.4. The summed E-state index contributed by atoms with van der Waals surface area (Å²) in [7, 11) is 0. The van der Waals surface area contributed by atoms with E-state index in [1.54, 1.807) is 0 Å². The van der Waals surface area contributed by atoms with E-state index in [0.29, 0.717) is 11.8 Å². The van der Waals surface area contributed by atoms with Gasteiger partial charge in [-0.05, 0) is 105 Å². The summed E-state index contributed by atoms with van der Waals surface area (Å²) in [6.07, 6.45) is 16.0. The highest BCUT2D eigenvalue weighted by Gasteiger charge is 2.61. The molecule has 0 radical (unpaired) electrons. The van der Waals surface area contributed by atoms with Crippen LogP contribution in [0.5, 0.6) is 0 Å². The van der Waals surface area contributed by atoms with Crippen molar-refractivity contribution in [1.29, 1.82) is 0 Å². The second-order valence-electron chi connectivity index (χ2n) is 10.6. The van der Waals surface area contributed by atoms with Crippen LogP contribution in [0.3, 0.4) is 0 Å². The Morgan fingerprint density at radius 2 is 1.40 bits per heavy atom. The van der Waals surface area contributed by atoms with Crippen LogP contribution >= 0.6 is 0 Å². The van der Waals surface area contributed by atoms with E-state index in [0.717, 1.165) is 54.8 Å². The molecule has 0 bridgehead atoms. The van der Waals surface area contributed by atoms with Gasteiger partial charge in [0.2, 0.25) is 0 Å². The fourth-order valence-corrected chi connectivity index (χ4v) is 9.13. The molecule has 2 nitrogen and oxygen atoms in total. The Labute approximate surface area is 153 Å². The number of hydrogen-bond acceptors (Lipinski definition) is 1. The first-order valence-electron chi connectivity index (χ1n) is 11.4. The molecule has 0 amide bonds. The third kappa shape index (κ3) is 2.31. The second kappa shape index (κ2) is 5.99. The Morgan fingerprint density at radius 3 is 2.24 bits per heavy atom. The van der Waals surface area contributed by atoms with E-state index in [-0.39, 0.29) is 5.41 Å². The van der Waals surface area contributed by atoms with Crippen molar-refractivity contribution in [1.82, 2.24) is 0 Å². The van der Waals surface area contributed by atoms with Crippen molar-refractivity contribution in [2.45, 2.75) is 84.0 Å². The number of carbonyl (C=O) groups is 1. The zero-order chi connectivity index (χ0) is 17.2. The summed E-state index contributed by atoms with van der Waals surface area (Å²) in [5.41, 5.74) is -0.352. The van der Waals surface area contributed by atoms with Gasteiger partial charge >= 0.3 is 5.97 Å². The molecule has 5 aliphatic carbocycles. The van der Waals surface area contributed by atoms with Crippen LogP contribution in [0.15, 0.2) is 0 Å². The molecule has 0 heterocycles. The van der Waals surface area contributed by atoms with Gasteiger partial charge in [0.25, 0.3) is 0 Å². The number of fused-ring (bicyclic) bond motifs is 7. The predicted molar refractivity (Wildman–Crippen MR) is 99.1 cm³/mol. The maximum Gasteiger partial charge on any atom is 0.309 e. The summed E-state index contributed by atoms with van der Waals surface area (Å²) in [6, 6.07) is 0. The lowest BCUT2D eigenvalue weighted by Gasteiger charge is -2.58. The molecule has 140 valence electrons. The van der Waals surface area contributed by atoms with E-state index in [9.17, 15) is 9.90 Å². The van der Waals surface area contributed by atoms with Crippen LogP contribution < -0.4 is 0 Å². The van der Waals surface area contributed by atoms with E-state index in [1.807, 2.05) is 0 Å². The molecule has 0 saturated heterocycles. The van der Waals surface area contributed by atoms with Gasteiger partial charge in [-0.1, -0.05) is 26.2 Å². The summed E-state index contributed by atoms with van der Waals surface area (Å²) in [4.78, 5) is 12.2. The maximum atomic E-state index is 12.2. The third-order valence-electron chi connectivity index (χ3n) is 9.98. The minimum absolute atomic E-state index is 0.352. The Balaban J connectivity index is 1.42. The molecule has 0 aromatic carbocycles. The molecule has 25 heavy (non-hydrogen) atoms. The van der Waals surface area contributed by atoms with Crippen LogP contribution in [0, 0.1) is 52.8 Å². The average molecular weight is 345 g/mol. The third-order valence-corrected chi connectivity index (χ3v) is 9.98. The first-order valence-corrected chi connectivity index (χ1v) is 11.4. The lowest BCUT2D eigenvalue weighted by molar-refractivity contribution is -0.164. The van der Waals surface area contributed by atoms with Gasteiger partial charge in [0, 0.05) is 0 Å². The summed E-state index contributed by atoms with van der Waals surface area (Å²) >= 11 is 0. The van der Waals surface area contributed by atoms with Crippen molar-refractivity contribution in [3.8, 4) is 0 Å². The number of carboxylic acid groups (broad SMARTS) is 1. The van der Waals surface area contributed by atoms with Crippen LogP contribution in [0.25, 0.3) is 0 Å². The Kier molecular flexibility index (Phi) is 3.99. The minimum Gasteiger partial charge on any atom is -0.481 e. The van der Waals surface area contributed by atoms with Gasteiger partial charge in [0.05, 0.1) is 5.41 Å². The molecular formula is C23H36O2. The normalized spacial score (nSPS) is 54.8. The first kappa shape index (κ1) is 16.6. The molecule has 0 aromatic rings. The van der Waals surface area contributed by atoms with E-state index < -0.39 is 5.97 Å². The molecule has 0 aliphatic heterocycles. The largest absolute Gasteiger partial charge is 0.481 e. The summed E-state index contributed by atoms with van der Waals surface area (Å²) in [5, 5.41) is 10.1. The molecule has 5 rings (SSSR count). The Morgan fingerprint density at radius 1 is 0.760 bits per heavy atom. The number of carboxylic acids is 1. The van der Waals surface area contributed by atoms with Crippen molar-refractivity contribution in [2.24, 2.45) is 52.8 Å². The highest BCUT2D eigenvalue weighted by molar-refractivity contribution is 5.76. The van der Waals surface area contributed by atoms with Gasteiger partial charge in [0.1, 0.15) is 0 Å². The maximum absolute atomic E-state index is 12.2. The molecule has 0 spiro atoms. The van der Waals surface area contributed by atoms with Crippen molar-refractivity contribution in [3.63, 3.8) is 0 Å². The molecule has 5 aliphatic rings. The summed E-state index contributed by atoms with van der Waals surface area (Å²) in [6.45, 7) is 2.36. The Bertz CT molecular complexity index is 542. The smallest absolute Gasteiger partial charge is 0.309 e. The SMILES string of the molecule is CC1CCC2(C(=O)O)CCC3C4CCC5CCCCC5C4CCC3C12. The molecule has 1 N–H and O–H groups in total. The van der Waals surface area contributed by atoms with E-state index >= 15 is 0 Å². The monoisotopic (exact) mass is 344 g/mol. The van der Waals surface area contributed by atoms with Gasteiger partial charge in [-0.15, -0.1) is 0 Å². The van der Waals surface area contributed by atoms with Gasteiger partial charge in [-0.3, -0.25) is 4.79 Å². The zero-order valence-electron chi connectivity index (χ0n) is 16.0. The van der Waals surface area contributed by atoms with Gasteiger partial charge in [-0.25, -0.2) is 0 Å². The number of hydrogen-bond donors (Lipinski definition) is 1. The highest BCUT2D eigenvalue weighted by Crippen LogP contribution is 2.65. The van der Waals surface area contributed by atoms with Crippen molar-refractivity contribution >= 4 is 5.97 Å². The van der Waals surface area contributed by atoms with Gasteiger partial charge < -0.3 is 5.11 Å². The summed E-state index contributed by atoms with van der Waals surface area (Å²) in [5.74, 6) is 6.24. The van der Waals surface area contributed by atoms with Crippen molar-refractivity contribution in [2.75, 3.05) is 0 Å². The first-order chi connectivity index (χ1) is 12.1. The van der Waals surface area contributed by atoms with Crippen LogP contribution in [0.4, 0.5) is 0 Å². The van der Waals surface area contributed by atoms with Crippen LogP contribution in [0.1, 0.15) is 84.0 Å². The molecule has 0 aromatic heterocycles. The van der Waals surface area contributed by atoms with Gasteiger partial charge in [-0.2, -0.15) is 0 Å². The van der Waals surface area contributed by atoms with Crippen molar-refractivity contribution in [3.05, 3.63) is 0 Å². The zero-order valence-corrected chi connectivity index (χ0v) is 16.0. The minimum atomic E-state index is -0.460. The lowest BCUT2D eigenvalue weighted by Crippen LogP contribution is -2.53. The molecule has 2 heteroatoms. The lowest BCUT2D eigenvalue weighted by atomic mass is 9.46. The molecule has 5 fully saturated rings. The summed E-state index contributed by atoms with van der Waals surface area (Å²) < 4.78 is 0. The van der Waals surface area contributed by atoms with E-state index in [2.05, 4.69) is 6.92 Å². The standard InChI is InChI=1S/C23H36O2/c1-14-10-12-23(22(24)25)13-11-19-18-7-6-15-4-2-3-5-16(15)17(18)8-9-20(19)21(14)23/h14-21H,2-13H2,1H3,(H,24,25). The van der Waals surface area contributed by atoms with Crippen LogP contribution in [-0.4, -0.2) is 11.1 Å². The molecule has 5 saturated carbocycles. The van der Waals surface area contributed by atoms with Crippen LogP contribution in [-0.2, 0) is 4.79 Å². The fourth-order valence-electron chi connectivity index (χ4n) is 9.13. The van der Waals surface area contributed by atoms with Crippen LogP contribution in [0.2, 0.25) is 0 Å². The number of rotatable bonds is 1. The van der Waals surface area contributed by atoms with E-state index in [1.165, 1.54) is 57.8 Å². The molecule has 9 unspecified atom stereocenters. The Hall–Kier alpha value is -0.530.